The predicted molar refractivity (Wildman–Crippen MR) is 92.0 cm³/mol. The van der Waals surface area contributed by atoms with E-state index in [0.29, 0.717) is 17.1 Å². The first-order valence-electron chi connectivity index (χ1n) is 7.81. The molecule has 0 saturated carbocycles. The Morgan fingerprint density at radius 3 is 2.60 bits per heavy atom. The van der Waals surface area contributed by atoms with Gasteiger partial charge in [-0.05, 0) is 12.1 Å². The van der Waals surface area contributed by atoms with Gasteiger partial charge in [0, 0.05) is 18.1 Å². The van der Waals surface area contributed by atoms with Crippen molar-refractivity contribution in [1.29, 1.82) is 0 Å². The van der Waals surface area contributed by atoms with Crippen molar-refractivity contribution in [2.24, 2.45) is 5.92 Å². The highest BCUT2D eigenvalue weighted by molar-refractivity contribution is 6.17. The normalized spacial score (nSPS) is 14.0. The zero-order chi connectivity index (χ0) is 18.6. The molecule has 1 aliphatic rings. The third-order valence-corrected chi connectivity index (χ3v) is 3.61. The molecule has 0 aliphatic carbocycles. The number of carbonyl (C=O) groups excluding carboxylic acids is 3. The van der Waals surface area contributed by atoms with Crippen molar-refractivity contribution < 1.29 is 24.2 Å². The number of nitrogens with zero attached hydrogens (tertiary/aromatic N) is 1. The average Bonchev–Trinajstić information content (AvgIpc) is 2.84. The van der Waals surface area contributed by atoms with Crippen LogP contribution in [0.2, 0.25) is 0 Å². The molecular weight excluding hydrogens is 326 g/mol. The summed E-state index contributed by atoms with van der Waals surface area (Å²) in [6.07, 6.45) is 1.16. The van der Waals surface area contributed by atoms with Crippen LogP contribution in [0.3, 0.4) is 0 Å². The maximum Gasteiger partial charge on any atom is 0.277 e. The molecule has 3 amide bonds. The van der Waals surface area contributed by atoms with E-state index in [1.807, 2.05) is 0 Å². The fourth-order valence-electron chi connectivity index (χ4n) is 2.19. The van der Waals surface area contributed by atoms with Crippen LogP contribution in [0.4, 0.5) is 11.4 Å². The first-order valence-corrected chi connectivity index (χ1v) is 7.81. The van der Waals surface area contributed by atoms with E-state index in [4.69, 9.17) is 9.84 Å². The monoisotopic (exact) mass is 347 g/mol. The molecule has 0 spiro atoms. The zero-order valence-corrected chi connectivity index (χ0v) is 14.3. The third kappa shape index (κ3) is 4.16. The first-order chi connectivity index (χ1) is 11.9. The third-order valence-electron chi connectivity index (χ3n) is 3.61. The van der Waals surface area contributed by atoms with Gasteiger partial charge in [0.25, 0.3) is 11.8 Å². The van der Waals surface area contributed by atoms with Crippen LogP contribution in [0, 0.1) is 5.92 Å². The SMILES string of the molecule is COc1ccc(NC2=CC(=O)N(CCO)C2=O)c(NC(=O)C(C)C)c1. The quantitative estimate of drug-likeness (QED) is 0.634. The Kier molecular flexibility index (Phi) is 5.76. The number of β-amino-alcohol motifs (C(OH)–C–C–N with tert-alkyl or cyclic N) is 1. The van der Waals surface area contributed by atoms with Gasteiger partial charge in [0.15, 0.2) is 0 Å². The van der Waals surface area contributed by atoms with Gasteiger partial charge in [-0.2, -0.15) is 0 Å². The molecule has 0 saturated heterocycles. The molecule has 0 atom stereocenters. The van der Waals surface area contributed by atoms with Gasteiger partial charge in [-0.3, -0.25) is 19.3 Å². The number of benzene rings is 1. The smallest absolute Gasteiger partial charge is 0.277 e. The van der Waals surface area contributed by atoms with Crippen LogP contribution in [0.1, 0.15) is 13.8 Å². The lowest BCUT2D eigenvalue weighted by molar-refractivity contribution is -0.137. The zero-order valence-electron chi connectivity index (χ0n) is 14.3. The second-order valence-corrected chi connectivity index (χ2v) is 5.76. The highest BCUT2D eigenvalue weighted by atomic mass is 16.5. The molecule has 0 aromatic heterocycles. The summed E-state index contributed by atoms with van der Waals surface area (Å²) < 4.78 is 5.16. The molecular formula is C17H21N3O5. The van der Waals surface area contributed by atoms with Gasteiger partial charge < -0.3 is 20.5 Å². The number of anilines is 2. The van der Waals surface area contributed by atoms with E-state index in [1.54, 1.807) is 32.0 Å². The summed E-state index contributed by atoms with van der Waals surface area (Å²) in [5, 5.41) is 14.6. The molecule has 1 aromatic carbocycles. The molecule has 0 unspecified atom stereocenters. The van der Waals surface area contributed by atoms with Gasteiger partial charge in [0.05, 0.1) is 31.6 Å². The Labute approximate surface area is 145 Å². The van der Waals surface area contributed by atoms with E-state index in [2.05, 4.69) is 10.6 Å². The Bertz CT molecular complexity index is 727. The summed E-state index contributed by atoms with van der Waals surface area (Å²) in [7, 11) is 1.50. The number of aliphatic hydroxyl groups is 1. The Hall–Kier alpha value is -2.87. The number of imide groups is 1. The molecule has 3 N–H and O–H groups in total. The molecule has 1 aliphatic heterocycles. The largest absolute Gasteiger partial charge is 0.497 e. The van der Waals surface area contributed by atoms with Gasteiger partial charge in [-0.15, -0.1) is 0 Å². The van der Waals surface area contributed by atoms with Crippen molar-refractivity contribution >= 4 is 29.1 Å². The maximum absolute atomic E-state index is 12.2. The summed E-state index contributed by atoms with van der Waals surface area (Å²) in [5.41, 5.74) is 0.955. The van der Waals surface area contributed by atoms with Crippen LogP contribution in [0.15, 0.2) is 30.0 Å². The highest BCUT2D eigenvalue weighted by Gasteiger charge is 2.31. The Morgan fingerprint density at radius 1 is 1.28 bits per heavy atom. The second-order valence-electron chi connectivity index (χ2n) is 5.76. The number of hydrogen-bond donors (Lipinski definition) is 3. The number of methoxy groups -OCH3 is 1. The van der Waals surface area contributed by atoms with E-state index in [-0.39, 0.29) is 30.7 Å². The molecule has 8 nitrogen and oxygen atoms in total. The molecule has 0 fully saturated rings. The number of rotatable bonds is 7. The minimum absolute atomic E-state index is 0.0705. The molecule has 8 heteroatoms. The highest BCUT2D eigenvalue weighted by Crippen LogP contribution is 2.29. The van der Waals surface area contributed by atoms with Crippen molar-refractivity contribution in [3.63, 3.8) is 0 Å². The van der Waals surface area contributed by atoms with Crippen molar-refractivity contribution in [3.05, 3.63) is 30.0 Å². The van der Waals surface area contributed by atoms with Crippen LogP contribution in [-0.2, 0) is 14.4 Å². The average molecular weight is 347 g/mol. The fourth-order valence-corrected chi connectivity index (χ4v) is 2.19. The molecule has 2 rings (SSSR count). The first kappa shape index (κ1) is 18.5. The lowest BCUT2D eigenvalue weighted by atomic mass is 10.2. The number of hydrogen-bond acceptors (Lipinski definition) is 6. The van der Waals surface area contributed by atoms with Gasteiger partial charge in [-0.1, -0.05) is 13.8 Å². The maximum atomic E-state index is 12.2. The second kappa shape index (κ2) is 7.80. The van der Waals surface area contributed by atoms with Crippen LogP contribution in [-0.4, -0.2) is 48.0 Å². The fraction of sp³-hybridized carbons (Fsp3) is 0.353. The number of nitrogens with one attached hydrogen (secondary N) is 2. The molecule has 1 aromatic rings. The minimum Gasteiger partial charge on any atom is -0.497 e. The molecule has 134 valence electrons. The lowest BCUT2D eigenvalue weighted by Crippen LogP contribution is -2.34. The minimum atomic E-state index is -0.531. The van der Waals surface area contributed by atoms with Gasteiger partial charge in [0.1, 0.15) is 11.4 Å². The number of ether oxygens (including phenoxy) is 1. The number of aliphatic hydroxyl groups excluding tert-OH is 1. The van der Waals surface area contributed by atoms with Crippen molar-refractivity contribution in [2.45, 2.75) is 13.8 Å². The van der Waals surface area contributed by atoms with Gasteiger partial charge >= 0.3 is 0 Å². The van der Waals surface area contributed by atoms with Crippen LogP contribution < -0.4 is 15.4 Å². The summed E-state index contributed by atoms with van der Waals surface area (Å²) in [5.74, 6) is -0.915. The van der Waals surface area contributed by atoms with E-state index < -0.39 is 11.8 Å². The van der Waals surface area contributed by atoms with E-state index in [0.717, 1.165) is 11.0 Å². The Balaban J connectivity index is 2.27. The topological polar surface area (TPSA) is 108 Å². The van der Waals surface area contributed by atoms with Crippen LogP contribution in [0.25, 0.3) is 0 Å². The standard InChI is InChI=1S/C17H21N3O5/c1-10(2)16(23)19-13-8-11(25-3)4-5-12(13)18-14-9-15(22)20(6-7-21)17(14)24/h4-5,8-10,18,21H,6-7H2,1-3H3,(H,19,23). The molecule has 0 radical (unpaired) electrons. The van der Waals surface area contributed by atoms with Crippen molar-refractivity contribution in [3.8, 4) is 5.75 Å². The summed E-state index contributed by atoms with van der Waals surface area (Å²) in [6.45, 7) is 3.14. The van der Waals surface area contributed by atoms with E-state index in [1.165, 1.54) is 7.11 Å². The molecule has 1 heterocycles. The summed E-state index contributed by atoms with van der Waals surface area (Å²) in [4.78, 5) is 37.0. The Morgan fingerprint density at radius 2 is 2.00 bits per heavy atom. The van der Waals surface area contributed by atoms with E-state index >= 15 is 0 Å². The van der Waals surface area contributed by atoms with Crippen molar-refractivity contribution in [1.82, 2.24) is 4.90 Å². The van der Waals surface area contributed by atoms with Crippen LogP contribution >= 0.6 is 0 Å². The number of carbonyl (C=O) groups is 3. The van der Waals surface area contributed by atoms with Crippen molar-refractivity contribution in [2.75, 3.05) is 30.9 Å². The van der Waals surface area contributed by atoms with E-state index in [9.17, 15) is 14.4 Å². The summed E-state index contributed by atoms with van der Waals surface area (Å²) >= 11 is 0. The predicted octanol–water partition coefficient (Wildman–Crippen LogP) is 0.947. The number of amides is 3. The van der Waals surface area contributed by atoms with Crippen LogP contribution in [0.5, 0.6) is 5.75 Å². The van der Waals surface area contributed by atoms with Gasteiger partial charge in [-0.25, -0.2) is 0 Å². The molecule has 0 bridgehead atoms. The summed E-state index contributed by atoms with van der Waals surface area (Å²) in [6, 6.07) is 4.93. The lowest BCUT2D eigenvalue weighted by Gasteiger charge is -2.17. The molecule has 25 heavy (non-hydrogen) atoms. The van der Waals surface area contributed by atoms with Gasteiger partial charge in [0.2, 0.25) is 5.91 Å².